The molecule has 0 fully saturated rings. The van der Waals surface area contributed by atoms with E-state index in [1.807, 2.05) is 25.1 Å². The van der Waals surface area contributed by atoms with E-state index >= 15 is 0 Å². The Morgan fingerprint density at radius 1 is 0.485 bits per heavy atom. The van der Waals surface area contributed by atoms with Crippen LogP contribution in [-0.2, 0) is 32.4 Å². The number of benzene rings is 6. The number of aromatic nitrogens is 2. The van der Waals surface area contributed by atoms with Gasteiger partial charge in [0.1, 0.15) is 9.79 Å². The average Bonchev–Trinajstić information content (AvgIpc) is 3.82. The molecule has 0 atom stereocenters. The van der Waals surface area contributed by atoms with Crippen LogP contribution in [0, 0.1) is 13.8 Å². The van der Waals surface area contributed by atoms with Gasteiger partial charge in [0.25, 0.3) is 20.0 Å². The number of sulfonamides is 2. The highest BCUT2D eigenvalue weighted by molar-refractivity contribution is 8.01. The zero-order valence-electron chi connectivity index (χ0n) is 33.8. The largest absolute Gasteiger partial charge is 0.416 e. The minimum absolute atomic E-state index is 0.0234. The third kappa shape index (κ3) is 12.4. The van der Waals surface area contributed by atoms with Gasteiger partial charge in [0.05, 0.1) is 82.9 Å². The summed E-state index contributed by atoms with van der Waals surface area (Å²) in [5, 5.41) is 0.119. The molecule has 0 amide bonds. The molecule has 356 valence electrons. The third-order valence-corrected chi connectivity index (χ3v) is 18.9. The predicted octanol–water partition coefficient (Wildman–Crippen LogP) is 17.1. The van der Waals surface area contributed by atoms with E-state index < -0.39 is 53.4 Å². The maximum atomic E-state index is 13.0. The van der Waals surface area contributed by atoms with Gasteiger partial charge in [-0.3, -0.25) is 9.44 Å². The minimum Gasteiger partial charge on any atom is -0.279 e. The number of nitrogens with zero attached hydrogens (tertiary/aromatic N) is 2. The standard InChI is InChI=1S/2C21H12Cl3F3N2O2S3/c1-10-2-5-18(13(22)6-10)34(30,31)29-12-8-14(23)19(15(24)9-12)33-20-28-16-7-11(21(25,26)27)3-4-17(16)32-20;1-10-2-4-17-16(6-10)28-20(32-17)33-19-14(23)8-12(9-15(19)24)29-34(30,31)18-5-3-11(7-13(18)22)21(25,26)27/h2*2-9,29H,1H3. The van der Waals surface area contributed by atoms with E-state index in [4.69, 9.17) is 69.6 Å². The molecule has 6 aromatic carbocycles. The van der Waals surface area contributed by atoms with Crippen LogP contribution in [0.3, 0.4) is 0 Å². The highest BCUT2D eigenvalue weighted by atomic mass is 35.5. The molecule has 0 spiro atoms. The average molecular weight is 1170 g/mol. The minimum atomic E-state index is -4.66. The summed E-state index contributed by atoms with van der Waals surface area (Å²) in [4.78, 5) is 9.06. The lowest BCUT2D eigenvalue weighted by atomic mass is 10.2. The Morgan fingerprint density at radius 2 is 0.853 bits per heavy atom. The van der Waals surface area contributed by atoms with Crippen LogP contribution < -0.4 is 9.44 Å². The normalized spacial score (nSPS) is 12.3. The molecule has 0 saturated heterocycles. The summed E-state index contributed by atoms with van der Waals surface area (Å²) in [6.07, 6.45) is -9.13. The van der Waals surface area contributed by atoms with Crippen LogP contribution in [0.2, 0.25) is 30.1 Å². The van der Waals surface area contributed by atoms with Gasteiger partial charge in [-0.2, -0.15) is 26.3 Å². The van der Waals surface area contributed by atoms with Gasteiger partial charge in [-0.25, -0.2) is 26.8 Å². The van der Waals surface area contributed by atoms with Crippen molar-refractivity contribution < 1.29 is 43.2 Å². The maximum absolute atomic E-state index is 13.0. The fourth-order valence-corrected chi connectivity index (χ4v) is 14.6. The summed E-state index contributed by atoms with van der Waals surface area (Å²) in [6, 6.07) is 21.2. The number of aryl methyl sites for hydroxylation is 2. The van der Waals surface area contributed by atoms with Crippen molar-refractivity contribution in [3.63, 3.8) is 0 Å². The smallest absolute Gasteiger partial charge is 0.279 e. The summed E-state index contributed by atoms with van der Waals surface area (Å²) in [6.45, 7) is 3.75. The zero-order valence-corrected chi connectivity index (χ0v) is 43.2. The molecular weight excluding hydrogens is 1140 g/mol. The highest BCUT2D eigenvalue weighted by Crippen LogP contribution is 2.46. The van der Waals surface area contributed by atoms with Crippen molar-refractivity contribution in [2.24, 2.45) is 0 Å². The number of hydrogen-bond acceptors (Lipinski definition) is 10. The van der Waals surface area contributed by atoms with Crippen molar-refractivity contribution in [2.45, 2.75) is 54.5 Å². The van der Waals surface area contributed by atoms with Crippen molar-refractivity contribution in [1.82, 2.24) is 9.97 Å². The van der Waals surface area contributed by atoms with Crippen LogP contribution in [0.15, 0.2) is 125 Å². The van der Waals surface area contributed by atoms with Gasteiger partial charge in [0.2, 0.25) is 0 Å². The van der Waals surface area contributed by atoms with Gasteiger partial charge >= 0.3 is 12.4 Å². The van der Waals surface area contributed by atoms with Gasteiger partial charge in [-0.05, 0) is 110 Å². The van der Waals surface area contributed by atoms with Crippen LogP contribution >= 0.6 is 116 Å². The second kappa shape index (κ2) is 20.4. The number of fused-ring (bicyclic) bond motifs is 2. The molecule has 8 nitrogen and oxygen atoms in total. The van der Waals surface area contributed by atoms with Crippen molar-refractivity contribution in [1.29, 1.82) is 0 Å². The monoisotopic (exact) mass is 1160 g/mol. The molecule has 2 N–H and O–H groups in total. The van der Waals surface area contributed by atoms with Crippen molar-refractivity contribution >= 4 is 168 Å². The Bertz CT molecular complexity index is 3460. The Hall–Kier alpha value is -3.38. The first-order valence-electron chi connectivity index (χ1n) is 18.5. The molecule has 2 aromatic heterocycles. The molecule has 0 bridgehead atoms. The fraction of sp³-hybridized carbons (Fsp3) is 0.0952. The van der Waals surface area contributed by atoms with E-state index in [0.29, 0.717) is 35.3 Å². The van der Waals surface area contributed by atoms with Gasteiger partial charge in [-0.15, -0.1) is 22.7 Å². The molecule has 0 unspecified atom stereocenters. The Balaban J connectivity index is 0.000000201. The summed E-state index contributed by atoms with van der Waals surface area (Å²) in [7, 11) is -8.32. The SMILES string of the molecule is Cc1ccc(S(=O)(=O)Nc2cc(Cl)c(Sc3nc4cc(C(F)(F)F)ccc4s3)c(Cl)c2)c(Cl)c1.Cc1ccc2sc(Sc3c(Cl)cc(NS(=O)(=O)c4ccc(C(F)(F)F)cc4Cl)cc3Cl)nc2c1. The Kier molecular flexibility index (Phi) is 15.7. The number of hydrogen-bond donors (Lipinski definition) is 2. The summed E-state index contributed by atoms with van der Waals surface area (Å²) in [5.41, 5.74) is 1.23. The van der Waals surface area contributed by atoms with Gasteiger partial charge in [0.15, 0.2) is 8.68 Å². The molecule has 68 heavy (non-hydrogen) atoms. The first-order valence-corrected chi connectivity index (χ1v) is 27.0. The van der Waals surface area contributed by atoms with Gasteiger partial charge in [0, 0.05) is 0 Å². The second-order valence-electron chi connectivity index (χ2n) is 14.1. The number of nitrogens with one attached hydrogen (secondary N) is 2. The quantitative estimate of drug-likeness (QED) is 0.130. The third-order valence-electron chi connectivity index (χ3n) is 9.02. The molecule has 0 aliphatic rings. The van der Waals surface area contributed by atoms with E-state index in [9.17, 15) is 43.2 Å². The maximum Gasteiger partial charge on any atom is 0.416 e. The topological polar surface area (TPSA) is 118 Å². The summed E-state index contributed by atoms with van der Waals surface area (Å²) in [5.74, 6) is 0. The number of rotatable bonds is 10. The molecule has 2 heterocycles. The molecule has 0 saturated carbocycles. The molecule has 8 rings (SSSR count). The van der Waals surface area contributed by atoms with Crippen LogP contribution in [0.5, 0.6) is 0 Å². The molecule has 0 aliphatic heterocycles. The van der Waals surface area contributed by atoms with Crippen molar-refractivity contribution in [2.75, 3.05) is 9.44 Å². The lowest BCUT2D eigenvalue weighted by Crippen LogP contribution is -2.14. The number of thiazole rings is 2. The number of anilines is 2. The zero-order chi connectivity index (χ0) is 49.7. The van der Waals surface area contributed by atoms with Gasteiger partial charge in [-0.1, -0.05) is 105 Å². The second-order valence-corrected chi connectivity index (χ2v) is 24.5. The van der Waals surface area contributed by atoms with Crippen LogP contribution in [0.25, 0.3) is 20.4 Å². The van der Waals surface area contributed by atoms with Gasteiger partial charge < -0.3 is 0 Å². The van der Waals surface area contributed by atoms with E-state index in [0.717, 1.165) is 51.3 Å². The van der Waals surface area contributed by atoms with E-state index in [1.165, 1.54) is 76.9 Å². The van der Waals surface area contributed by atoms with E-state index in [-0.39, 0.29) is 46.9 Å². The lowest BCUT2D eigenvalue weighted by molar-refractivity contribution is -0.138. The molecule has 0 radical (unpaired) electrons. The van der Waals surface area contributed by atoms with Crippen LogP contribution in [0.1, 0.15) is 22.3 Å². The van der Waals surface area contributed by atoms with E-state index in [2.05, 4.69) is 19.4 Å². The summed E-state index contributed by atoms with van der Waals surface area (Å²) >= 11 is 42.3. The number of alkyl halides is 6. The van der Waals surface area contributed by atoms with Crippen molar-refractivity contribution in [3.05, 3.63) is 149 Å². The Morgan fingerprint density at radius 3 is 1.29 bits per heavy atom. The summed E-state index contributed by atoms with van der Waals surface area (Å²) < 4.78 is 136. The first-order chi connectivity index (χ1) is 31.7. The molecule has 0 aliphatic carbocycles. The Labute approximate surface area is 430 Å². The fourth-order valence-electron chi connectivity index (χ4n) is 5.93. The number of halogens is 12. The molecule has 8 aromatic rings. The highest BCUT2D eigenvalue weighted by Gasteiger charge is 2.33. The molecule has 26 heteroatoms. The predicted molar refractivity (Wildman–Crippen MR) is 264 cm³/mol. The van der Waals surface area contributed by atoms with Crippen LogP contribution in [0.4, 0.5) is 37.7 Å². The first kappa shape index (κ1) is 52.4. The van der Waals surface area contributed by atoms with Crippen molar-refractivity contribution in [3.8, 4) is 0 Å². The van der Waals surface area contributed by atoms with E-state index in [1.54, 1.807) is 13.0 Å². The lowest BCUT2D eigenvalue weighted by Gasteiger charge is -2.13. The van der Waals surface area contributed by atoms with Crippen LogP contribution in [-0.4, -0.2) is 26.8 Å². The molecular formula is C42H24Cl6F6N4O4S6.